The summed E-state index contributed by atoms with van der Waals surface area (Å²) in [5.41, 5.74) is 2.01. The minimum Gasteiger partial charge on any atom is -0.497 e. The second-order valence-electron chi connectivity index (χ2n) is 5.96. The molecule has 0 aliphatic carbocycles. The molecule has 1 aliphatic heterocycles. The van der Waals surface area contributed by atoms with Gasteiger partial charge in [0.2, 0.25) is 0 Å². The predicted octanol–water partition coefficient (Wildman–Crippen LogP) is 2.44. The van der Waals surface area contributed by atoms with Crippen molar-refractivity contribution in [3.63, 3.8) is 0 Å². The van der Waals surface area contributed by atoms with Crippen LogP contribution in [0.15, 0.2) is 36.8 Å². The lowest BCUT2D eigenvalue weighted by Gasteiger charge is -2.34. The van der Waals surface area contributed by atoms with E-state index < -0.39 is 0 Å². The Bertz CT molecular complexity index is 807. The molecule has 3 aromatic rings. The first-order valence-corrected chi connectivity index (χ1v) is 8.13. The number of benzene rings is 1. The fourth-order valence-electron chi connectivity index (χ4n) is 3.15. The maximum atomic E-state index is 5.22. The molecule has 1 saturated heterocycles. The third kappa shape index (κ3) is 2.84. The molecule has 0 radical (unpaired) electrons. The number of H-pyrrole nitrogens is 1. The average Bonchev–Trinajstić information content (AvgIpc) is 3.12. The van der Waals surface area contributed by atoms with Crippen molar-refractivity contribution in [2.24, 2.45) is 0 Å². The molecule has 1 fully saturated rings. The molecule has 0 bridgehead atoms. The Hall–Kier alpha value is -2.83. The maximum absolute atomic E-state index is 5.22. The number of piperidine rings is 1. The van der Waals surface area contributed by atoms with Crippen LogP contribution in [-0.2, 0) is 0 Å². The van der Waals surface area contributed by atoms with Crippen molar-refractivity contribution in [3.8, 4) is 5.75 Å². The van der Waals surface area contributed by atoms with Gasteiger partial charge in [-0.15, -0.1) is 0 Å². The smallest absolute Gasteiger partial charge is 0.160 e. The minimum atomic E-state index is 0.410. The van der Waals surface area contributed by atoms with Crippen LogP contribution in [0.1, 0.15) is 12.8 Å². The molecule has 7 heteroatoms. The van der Waals surface area contributed by atoms with E-state index in [0.717, 1.165) is 48.5 Å². The standard InChI is InChI=1S/C17H20N6O/c1-24-14-4-2-13(3-5-14)23-8-6-12(7-9-23)21-16-15-10-20-22-17(15)19-11-18-16/h2-5,10-12H,6-9H2,1H3,(H2,18,19,20,21,22). The van der Waals surface area contributed by atoms with Crippen molar-refractivity contribution in [1.82, 2.24) is 20.2 Å². The molecule has 3 heterocycles. The second-order valence-corrected chi connectivity index (χ2v) is 5.96. The average molecular weight is 324 g/mol. The largest absolute Gasteiger partial charge is 0.497 e. The van der Waals surface area contributed by atoms with Crippen LogP contribution in [0.2, 0.25) is 0 Å². The van der Waals surface area contributed by atoms with Crippen molar-refractivity contribution in [2.45, 2.75) is 18.9 Å². The van der Waals surface area contributed by atoms with Crippen LogP contribution in [0.25, 0.3) is 11.0 Å². The molecule has 0 unspecified atom stereocenters. The van der Waals surface area contributed by atoms with E-state index in [4.69, 9.17) is 4.74 Å². The number of hydrogen-bond donors (Lipinski definition) is 2. The van der Waals surface area contributed by atoms with E-state index in [1.54, 1.807) is 19.6 Å². The lowest BCUT2D eigenvalue weighted by molar-refractivity contribution is 0.414. The van der Waals surface area contributed by atoms with Gasteiger partial charge in [-0.05, 0) is 37.1 Å². The summed E-state index contributed by atoms with van der Waals surface area (Å²) >= 11 is 0. The predicted molar refractivity (Wildman–Crippen MR) is 93.5 cm³/mol. The molecule has 1 aromatic carbocycles. The molecule has 2 aromatic heterocycles. The highest BCUT2D eigenvalue weighted by Gasteiger charge is 2.20. The van der Waals surface area contributed by atoms with Gasteiger partial charge in [0, 0.05) is 24.8 Å². The van der Waals surface area contributed by atoms with Gasteiger partial charge in [0.15, 0.2) is 5.65 Å². The van der Waals surface area contributed by atoms with E-state index in [2.05, 4.69) is 42.5 Å². The van der Waals surface area contributed by atoms with Crippen LogP contribution in [0.5, 0.6) is 5.75 Å². The molecule has 124 valence electrons. The number of ether oxygens (including phenoxy) is 1. The molecule has 2 N–H and O–H groups in total. The number of methoxy groups -OCH3 is 1. The highest BCUT2D eigenvalue weighted by molar-refractivity contribution is 5.85. The van der Waals surface area contributed by atoms with Gasteiger partial charge in [0.25, 0.3) is 0 Å². The monoisotopic (exact) mass is 324 g/mol. The molecule has 0 spiro atoms. The summed E-state index contributed by atoms with van der Waals surface area (Å²) in [6.07, 6.45) is 5.46. The topological polar surface area (TPSA) is 79.0 Å². The van der Waals surface area contributed by atoms with E-state index in [9.17, 15) is 0 Å². The summed E-state index contributed by atoms with van der Waals surface area (Å²) in [6, 6.07) is 8.66. The molecule has 0 amide bonds. The first kappa shape index (κ1) is 14.7. The number of aromatic nitrogens is 4. The van der Waals surface area contributed by atoms with Gasteiger partial charge in [0.05, 0.1) is 18.7 Å². The minimum absolute atomic E-state index is 0.410. The number of rotatable bonds is 4. The number of nitrogens with zero attached hydrogens (tertiary/aromatic N) is 4. The normalized spacial score (nSPS) is 15.6. The van der Waals surface area contributed by atoms with Crippen LogP contribution < -0.4 is 15.0 Å². The Morgan fingerprint density at radius 3 is 2.71 bits per heavy atom. The molecule has 1 aliphatic rings. The van der Waals surface area contributed by atoms with Crippen molar-refractivity contribution in [2.75, 3.05) is 30.4 Å². The summed E-state index contributed by atoms with van der Waals surface area (Å²) in [4.78, 5) is 10.9. The zero-order valence-corrected chi connectivity index (χ0v) is 13.6. The SMILES string of the molecule is COc1ccc(N2CCC(Nc3ncnc4[nH]ncc34)CC2)cc1. The Balaban J connectivity index is 1.40. The van der Waals surface area contributed by atoms with E-state index in [0.29, 0.717) is 6.04 Å². The number of hydrogen-bond acceptors (Lipinski definition) is 6. The van der Waals surface area contributed by atoms with Gasteiger partial charge in [-0.1, -0.05) is 0 Å². The van der Waals surface area contributed by atoms with Gasteiger partial charge in [-0.2, -0.15) is 5.10 Å². The van der Waals surface area contributed by atoms with Crippen molar-refractivity contribution in [1.29, 1.82) is 0 Å². The highest BCUT2D eigenvalue weighted by atomic mass is 16.5. The van der Waals surface area contributed by atoms with Crippen molar-refractivity contribution < 1.29 is 4.74 Å². The number of nitrogens with one attached hydrogen (secondary N) is 2. The zero-order valence-electron chi connectivity index (χ0n) is 13.6. The lowest BCUT2D eigenvalue weighted by atomic mass is 10.0. The molecular formula is C17H20N6O. The van der Waals surface area contributed by atoms with Crippen LogP contribution >= 0.6 is 0 Å². The van der Waals surface area contributed by atoms with Crippen molar-refractivity contribution in [3.05, 3.63) is 36.8 Å². The summed E-state index contributed by atoms with van der Waals surface area (Å²) in [7, 11) is 1.69. The van der Waals surface area contributed by atoms with Crippen LogP contribution in [-0.4, -0.2) is 46.4 Å². The third-order valence-corrected chi connectivity index (χ3v) is 4.52. The summed E-state index contributed by atoms with van der Waals surface area (Å²) in [5, 5.41) is 11.4. The third-order valence-electron chi connectivity index (χ3n) is 4.52. The van der Waals surface area contributed by atoms with E-state index in [1.807, 2.05) is 12.1 Å². The molecule has 4 rings (SSSR count). The maximum Gasteiger partial charge on any atom is 0.160 e. The summed E-state index contributed by atoms with van der Waals surface area (Å²) < 4.78 is 5.22. The number of aromatic amines is 1. The highest BCUT2D eigenvalue weighted by Crippen LogP contribution is 2.25. The molecule has 0 saturated carbocycles. The fraction of sp³-hybridized carbons (Fsp3) is 0.353. The summed E-state index contributed by atoms with van der Waals surface area (Å²) in [5.74, 6) is 1.75. The van der Waals surface area contributed by atoms with Gasteiger partial charge in [-0.3, -0.25) is 5.10 Å². The van der Waals surface area contributed by atoms with E-state index in [1.165, 1.54) is 5.69 Å². The van der Waals surface area contributed by atoms with E-state index >= 15 is 0 Å². The Labute approximate surface area is 140 Å². The van der Waals surface area contributed by atoms with Gasteiger partial charge in [-0.25, -0.2) is 9.97 Å². The van der Waals surface area contributed by atoms with Crippen molar-refractivity contribution >= 4 is 22.5 Å². The van der Waals surface area contributed by atoms with Gasteiger partial charge in [0.1, 0.15) is 17.9 Å². The molecule has 0 atom stereocenters. The zero-order chi connectivity index (χ0) is 16.4. The number of fused-ring (bicyclic) bond motifs is 1. The molecular weight excluding hydrogens is 304 g/mol. The molecule has 7 nitrogen and oxygen atoms in total. The first-order valence-electron chi connectivity index (χ1n) is 8.13. The second kappa shape index (κ2) is 6.35. The molecule has 24 heavy (non-hydrogen) atoms. The Kier molecular flexibility index (Phi) is 3.90. The number of anilines is 2. The van der Waals surface area contributed by atoms with Crippen LogP contribution in [0, 0.1) is 0 Å². The van der Waals surface area contributed by atoms with E-state index in [-0.39, 0.29) is 0 Å². The Morgan fingerprint density at radius 2 is 1.96 bits per heavy atom. The van der Waals surface area contributed by atoms with Crippen LogP contribution in [0.4, 0.5) is 11.5 Å². The van der Waals surface area contributed by atoms with Crippen LogP contribution in [0.3, 0.4) is 0 Å². The summed E-state index contributed by atoms with van der Waals surface area (Å²) in [6.45, 7) is 2.03. The first-order chi connectivity index (χ1) is 11.8. The Morgan fingerprint density at radius 1 is 1.17 bits per heavy atom. The quantitative estimate of drug-likeness (QED) is 0.767. The van der Waals surface area contributed by atoms with Gasteiger partial charge >= 0.3 is 0 Å². The lowest BCUT2D eigenvalue weighted by Crippen LogP contribution is -2.39. The fourth-order valence-corrected chi connectivity index (χ4v) is 3.15. The van der Waals surface area contributed by atoms with Gasteiger partial charge < -0.3 is 15.0 Å².